The smallest absolute Gasteiger partial charge is 0.343 e. The highest BCUT2D eigenvalue weighted by Crippen LogP contribution is 2.17. The summed E-state index contributed by atoms with van der Waals surface area (Å²) in [6.07, 6.45) is 3.19. The monoisotopic (exact) mass is 301 g/mol. The van der Waals surface area contributed by atoms with Gasteiger partial charge in [0.1, 0.15) is 11.2 Å². The summed E-state index contributed by atoms with van der Waals surface area (Å²) in [5, 5.41) is 2.90. The van der Waals surface area contributed by atoms with Crippen molar-refractivity contribution in [2.75, 3.05) is 6.61 Å². The molecule has 0 aliphatic heterocycles. The summed E-state index contributed by atoms with van der Waals surface area (Å²) in [6, 6.07) is 5.04. The number of rotatable bonds is 3. The van der Waals surface area contributed by atoms with Crippen LogP contribution >= 0.6 is 11.3 Å². The third-order valence-electron chi connectivity index (χ3n) is 2.87. The second kappa shape index (κ2) is 5.45. The summed E-state index contributed by atoms with van der Waals surface area (Å²) in [4.78, 5) is 32.9. The maximum atomic E-state index is 12.6. The van der Waals surface area contributed by atoms with Gasteiger partial charge in [0.25, 0.3) is 5.56 Å². The van der Waals surface area contributed by atoms with E-state index in [1.165, 1.54) is 22.0 Å². The predicted octanol–water partition coefficient (Wildman–Crippen LogP) is 2.02. The Balaban J connectivity index is 2.35. The van der Waals surface area contributed by atoms with Crippen LogP contribution in [0.3, 0.4) is 0 Å². The van der Waals surface area contributed by atoms with Gasteiger partial charge in [-0.15, -0.1) is 11.3 Å². The molecule has 0 saturated carbocycles. The Hall–Kier alpha value is -2.54. The van der Waals surface area contributed by atoms with E-state index in [0.717, 1.165) is 0 Å². The summed E-state index contributed by atoms with van der Waals surface area (Å²) in [6.45, 7) is 1.90. The van der Waals surface area contributed by atoms with Crippen LogP contribution in [0.25, 0.3) is 16.2 Å². The van der Waals surface area contributed by atoms with Gasteiger partial charge in [0.15, 0.2) is 5.13 Å². The lowest BCUT2D eigenvalue weighted by Crippen LogP contribution is -2.27. The molecule has 3 rings (SSSR count). The first kappa shape index (κ1) is 13.4. The Morgan fingerprint density at radius 1 is 1.38 bits per heavy atom. The first-order valence-corrected chi connectivity index (χ1v) is 7.18. The number of fused-ring (bicyclic) bond motifs is 1. The number of esters is 1. The lowest BCUT2D eigenvalue weighted by Gasteiger charge is -2.09. The van der Waals surface area contributed by atoms with Crippen LogP contribution in [-0.4, -0.2) is 27.1 Å². The molecule has 0 saturated heterocycles. The minimum atomic E-state index is -0.640. The average molecular weight is 301 g/mol. The Morgan fingerprint density at radius 3 is 2.95 bits per heavy atom. The van der Waals surface area contributed by atoms with Crippen LogP contribution in [0, 0.1) is 0 Å². The molecule has 3 aromatic rings. The summed E-state index contributed by atoms with van der Waals surface area (Å²) >= 11 is 1.30. The van der Waals surface area contributed by atoms with Crippen molar-refractivity contribution in [3.63, 3.8) is 0 Å². The van der Waals surface area contributed by atoms with Crippen LogP contribution in [0.2, 0.25) is 0 Å². The maximum absolute atomic E-state index is 12.6. The van der Waals surface area contributed by atoms with Crippen molar-refractivity contribution in [1.82, 2.24) is 14.5 Å². The van der Waals surface area contributed by atoms with Crippen molar-refractivity contribution in [2.24, 2.45) is 0 Å². The van der Waals surface area contributed by atoms with Crippen LogP contribution in [0.5, 0.6) is 0 Å². The van der Waals surface area contributed by atoms with Gasteiger partial charge >= 0.3 is 5.97 Å². The number of pyridine rings is 2. The van der Waals surface area contributed by atoms with Gasteiger partial charge in [-0.05, 0) is 25.1 Å². The molecule has 0 unspecified atom stereocenters. The molecule has 0 N–H and O–H groups in total. The Bertz CT molecular complexity index is 856. The fraction of sp³-hybridized carbons (Fsp3) is 0.143. The molecule has 21 heavy (non-hydrogen) atoms. The lowest BCUT2D eigenvalue weighted by molar-refractivity contribution is 0.0524. The van der Waals surface area contributed by atoms with Crippen molar-refractivity contribution in [3.8, 4) is 5.13 Å². The van der Waals surface area contributed by atoms with Gasteiger partial charge in [0.05, 0.1) is 6.61 Å². The summed E-state index contributed by atoms with van der Waals surface area (Å²) < 4.78 is 6.28. The van der Waals surface area contributed by atoms with Crippen LogP contribution in [-0.2, 0) is 4.74 Å². The van der Waals surface area contributed by atoms with Crippen molar-refractivity contribution in [2.45, 2.75) is 6.92 Å². The van der Waals surface area contributed by atoms with Crippen molar-refractivity contribution in [3.05, 3.63) is 51.9 Å². The third-order valence-corrected chi connectivity index (χ3v) is 3.62. The van der Waals surface area contributed by atoms with Crippen LogP contribution in [0.15, 0.2) is 40.8 Å². The molecule has 3 heterocycles. The SMILES string of the molecule is CCOC(=O)c1cc2cccnc2n(-c2nccs2)c1=O. The third kappa shape index (κ3) is 2.31. The molecular formula is C14H11N3O3S. The molecule has 0 atom stereocenters. The molecule has 0 aliphatic carbocycles. The lowest BCUT2D eigenvalue weighted by atomic mass is 10.2. The van der Waals surface area contributed by atoms with Gasteiger partial charge in [-0.25, -0.2) is 19.3 Å². The molecule has 0 radical (unpaired) electrons. The van der Waals surface area contributed by atoms with Crippen molar-refractivity contribution >= 4 is 28.3 Å². The molecule has 0 aliphatic rings. The quantitative estimate of drug-likeness (QED) is 0.692. The maximum Gasteiger partial charge on any atom is 0.343 e. The van der Waals surface area contributed by atoms with Gasteiger partial charge in [0.2, 0.25) is 0 Å². The second-order valence-corrected chi connectivity index (χ2v) is 5.02. The normalized spacial score (nSPS) is 10.7. The molecule has 6 nitrogen and oxygen atoms in total. The number of aromatic nitrogens is 3. The summed E-state index contributed by atoms with van der Waals surface area (Å²) in [7, 11) is 0. The van der Waals surface area contributed by atoms with E-state index >= 15 is 0 Å². The number of carbonyl (C=O) groups is 1. The zero-order valence-electron chi connectivity index (χ0n) is 11.1. The van der Waals surface area contributed by atoms with Crippen LogP contribution in [0.1, 0.15) is 17.3 Å². The van der Waals surface area contributed by atoms with Gasteiger partial charge in [0, 0.05) is 23.2 Å². The molecule has 106 valence electrons. The first-order valence-electron chi connectivity index (χ1n) is 6.30. The van der Waals surface area contributed by atoms with E-state index in [0.29, 0.717) is 16.2 Å². The zero-order chi connectivity index (χ0) is 14.8. The van der Waals surface area contributed by atoms with Gasteiger partial charge in [-0.1, -0.05) is 0 Å². The molecule has 0 fully saturated rings. The Kier molecular flexibility index (Phi) is 3.49. The first-order chi connectivity index (χ1) is 10.2. The minimum Gasteiger partial charge on any atom is -0.462 e. The highest BCUT2D eigenvalue weighted by atomic mass is 32.1. The van der Waals surface area contributed by atoms with E-state index in [1.807, 2.05) is 0 Å². The number of ether oxygens (including phenoxy) is 1. The van der Waals surface area contributed by atoms with Crippen molar-refractivity contribution in [1.29, 1.82) is 0 Å². The molecule has 0 spiro atoms. The zero-order valence-corrected chi connectivity index (χ0v) is 12.0. The van der Waals surface area contributed by atoms with Crippen molar-refractivity contribution < 1.29 is 9.53 Å². The van der Waals surface area contributed by atoms with Gasteiger partial charge in [-0.3, -0.25) is 4.79 Å². The van der Waals surface area contributed by atoms with Crippen LogP contribution in [0.4, 0.5) is 0 Å². The average Bonchev–Trinajstić information content (AvgIpc) is 3.00. The van der Waals surface area contributed by atoms with Gasteiger partial charge in [-0.2, -0.15) is 0 Å². The standard InChI is InChI=1S/C14H11N3O3S/c1-2-20-13(19)10-8-9-4-3-5-15-11(9)17(12(10)18)14-16-6-7-21-14/h3-8H,2H2,1H3. The van der Waals surface area contributed by atoms with Gasteiger partial charge < -0.3 is 4.74 Å². The molecule has 0 bridgehead atoms. The van der Waals surface area contributed by atoms with E-state index in [9.17, 15) is 9.59 Å². The number of hydrogen-bond acceptors (Lipinski definition) is 6. The van der Waals surface area contributed by atoms with E-state index in [-0.39, 0.29) is 12.2 Å². The van der Waals surface area contributed by atoms with E-state index in [2.05, 4.69) is 9.97 Å². The number of hydrogen-bond donors (Lipinski definition) is 0. The second-order valence-electron chi connectivity index (χ2n) is 4.15. The highest BCUT2D eigenvalue weighted by Gasteiger charge is 2.19. The fourth-order valence-corrected chi connectivity index (χ4v) is 2.64. The minimum absolute atomic E-state index is 0.0208. The number of thiazole rings is 1. The van der Waals surface area contributed by atoms with E-state index < -0.39 is 11.5 Å². The summed E-state index contributed by atoms with van der Waals surface area (Å²) in [5.74, 6) is -0.640. The molecular weight excluding hydrogens is 290 g/mol. The molecule has 7 heteroatoms. The Labute approximate surface area is 123 Å². The van der Waals surface area contributed by atoms with Crippen LogP contribution < -0.4 is 5.56 Å². The molecule has 0 aromatic carbocycles. The van der Waals surface area contributed by atoms with E-state index in [1.54, 1.807) is 36.8 Å². The largest absolute Gasteiger partial charge is 0.462 e. The Morgan fingerprint density at radius 2 is 2.24 bits per heavy atom. The molecule has 3 aromatic heterocycles. The molecule has 0 amide bonds. The highest BCUT2D eigenvalue weighted by molar-refractivity contribution is 7.12. The van der Waals surface area contributed by atoms with E-state index in [4.69, 9.17) is 4.74 Å². The summed E-state index contributed by atoms with van der Waals surface area (Å²) in [5.41, 5.74) is -0.0346. The number of carbonyl (C=O) groups excluding carboxylic acids is 1. The fourth-order valence-electron chi connectivity index (χ4n) is 2.00. The predicted molar refractivity (Wildman–Crippen MR) is 79.0 cm³/mol. The topological polar surface area (TPSA) is 74.1 Å². The number of nitrogens with zero attached hydrogens (tertiary/aromatic N) is 3.